The Labute approximate surface area is 179 Å². The first-order valence-electron chi connectivity index (χ1n) is 10.6. The number of fused-ring (bicyclic) bond motifs is 3. The van der Waals surface area contributed by atoms with E-state index in [1.807, 2.05) is 27.8 Å². The summed E-state index contributed by atoms with van der Waals surface area (Å²) >= 11 is 0. The maximum Gasteiger partial charge on any atom is 0.274 e. The van der Waals surface area contributed by atoms with Gasteiger partial charge in [-0.3, -0.25) is 4.79 Å². The van der Waals surface area contributed by atoms with Crippen molar-refractivity contribution < 1.29 is 9.53 Å². The fourth-order valence-corrected chi connectivity index (χ4v) is 4.66. The van der Waals surface area contributed by atoms with E-state index in [2.05, 4.69) is 28.4 Å². The molecule has 3 aromatic heterocycles. The van der Waals surface area contributed by atoms with Crippen LogP contribution in [0.4, 0.5) is 0 Å². The van der Waals surface area contributed by atoms with Gasteiger partial charge in [-0.05, 0) is 43.0 Å². The highest BCUT2D eigenvalue weighted by atomic mass is 16.5. The Balaban J connectivity index is 1.24. The number of amides is 1. The molecule has 1 spiro atoms. The van der Waals surface area contributed by atoms with Crippen molar-refractivity contribution in [2.45, 2.75) is 24.9 Å². The van der Waals surface area contributed by atoms with Gasteiger partial charge in [-0.15, -0.1) is 0 Å². The molecule has 0 saturated carbocycles. The molecule has 1 aromatic carbocycles. The number of hydrogen-bond acceptors (Lipinski definition) is 5. The molecule has 8 nitrogen and oxygen atoms in total. The minimum absolute atomic E-state index is 0.0637. The maximum absolute atomic E-state index is 13.0. The third kappa shape index (κ3) is 3.02. The highest BCUT2D eigenvalue weighted by Gasteiger charge is 2.44. The molecule has 1 fully saturated rings. The zero-order valence-electron chi connectivity index (χ0n) is 17.0. The zero-order chi connectivity index (χ0) is 20.8. The van der Waals surface area contributed by atoms with Crippen LogP contribution in [-0.2, 0) is 16.8 Å². The molecule has 156 valence electrons. The summed E-state index contributed by atoms with van der Waals surface area (Å²) in [6.45, 7) is 1.90. The van der Waals surface area contributed by atoms with Crippen molar-refractivity contribution in [1.82, 2.24) is 29.3 Å². The van der Waals surface area contributed by atoms with E-state index in [9.17, 15) is 4.79 Å². The average molecular weight is 414 g/mol. The number of ether oxygens (including phenoxy) is 1. The van der Waals surface area contributed by atoms with E-state index in [-0.39, 0.29) is 5.91 Å². The van der Waals surface area contributed by atoms with Gasteiger partial charge in [-0.2, -0.15) is 10.2 Å². The van der Waals surface area contributed by atoms with Crippen LogP contribution in [0.15, 0.2) is 61.1 Å². The zero-order valence-corrected chi connectivity index (χ0v) is 17.0. The molecule has 6 rings (SSSR count). The molecule has 2 aliphatic rings. The van der Waals surface area contributed by atoms with Gasteiger partial charge in [-0.1, -0.05) is 18.2 Å². The van der Waals surface area contributed by atoms with Crippen molar-refractivity contribution in [3.63, 3.8) is 0 Å². The Morgan fingerprint density at radius 3 is 2.71 bits per heavy atom. The van der Waals surface area contributed by atoms with Gasteiger partial charge < -0.3 is 9.64 Å². The van der Waals surface area contributed by atoms with Crippen molar-refractivity contribution in [2.75, 3.05) is 19.7 Å². The lowest BCUT2D eigenvalue weighted by atomic mass is 9.83. The third-order valence-electron chi connectivity index (χ3n) is 6.31. The monoisotopic (exact) mass is 414 g/mol. The van der Waals surface area contributed by atoms with Crippen LogP contribution in [0, 0.1) is 0 Å². The molecule has 1 saturated heterocycles. The van der Waals surface area contributed by atoms with Crippen molar-refractivity contribution in [2.24, 2.45) is 0 Å². The number of hydrogen-bond donors (Lipinski definition) is 0. The second-order valence-electron chi connectivity index (χ2n) is 8.12. The number of rotatable bonds is 2. The molecule has 31 heavy (non-hydrogen) atoms. The van der Waals surface area contributed by atoms with Crippen LogP contribution >= 0.6 is 0 Å². The number of carbonyl (C=O) groups is 1. The van der Waals surface area contributed by atoms with Crippen LogP contribution < -0.4 is 0 Å². The molecule has 0 aliphatic carbocycles. The van der Waals surface area contributed by atoms with Gasteiger partial charge in [0.1, 0.15) is 5.60 Å². The van der Waals surface area contributed by atoms with Crippen LogP contribution in [-0.4, -0.2) is 54.9 Å². The van der Waals surface area contributed by atoms with Crippen LogP contribution in [0.2, 0.25) is 0 Å². The molecule has 4 aromatic rings. The van der Waals surface area contributed by atoms with E-state index in [1.165, 1.54) is 5.56 Å². The molecule has 0 radical (unpaired) electrons. The number of nitrogens with zero attached hydrogens (tertiary/aromatic N) is 6. The first kappa shape index (κ1) is 18.3. The Bertz CT molecular complexity index is 1220. The molecular weight excluding hydrogens is 392 g/mol. The number of benzene rings is 1. The van der Waals surface area contributed by atoms with Crippen LogP contribution in [0.25, 0.3) is 11.3 Å². The molecule has 0 atom stereocenters. The van der Waals surface area contributed by atoms with Crippen LogP contribution in [0.3, 0.4) is 0 Å². The van der Waals surface area contributed by atoms with Gasteiger partial charge in [0.25, 0.3) is 5.91 Å². The number of aromatic nitrogens is 5. The summed E-state index contributed by atoms with van der Waals surface area (Å²) in [5, 5.41) is 9.30. The fraction of sp³-hybridized carbons (Fsp3) is 0.304. The number of carbonyl (C=O) groups excluding carboxylic acids is 1. The molecule has 1 amide bonds. The molecule has 0 bridgehead atoms. The smallest absolute Gasteiger partial charge is 0.274 e. The number of likely N-dealkylation sites (tertiary alicyclic amines) is 1. The van der Waals surface area contributed by atoms with Crippen molar-refractivity contribution in [3.8, 4) is 5.69 Å². The second-order valence-corrected chi connectivity index (χ2v) is 8.12. The Morgan fingerprint density at radius 2 is 1.90 bits per heavy atom. The molecule has 0 N–H and O–H groups in total. The lowest BCUT2D eigenvalue weighted by molar-refractivity contribution is -0.0963. The summed E-state index contributed by atoms with van der Waals surface area (Å²) in [5.41, 5.74) is 3.97. The summed E-state index contributed by atoms with van der Waals surface area (Å²) in [6.07, 6.45) is 7.93. The lowest BCUT2D eigenvalue weighted by Crippen LogP contribution is -2.48. The fourth-order valence-electron chi connectivity index (χ4n) is 4.66. The van der Waals surface area contributed by atoms with E-state index in [0.717, 1.165) is 30.6 Å². The van der Waals surface area contributed by atoms with Gasteiger partial charge in [-0.25, -0.2) is 14.2 Å². The third-order valence-corrected chi connectivity index (χ3v) is 6.31. The Kier molecular flexibility index (Phi) is 4.14. The molecule has 5 heterocycles. The first-order chi connectivity index (χ1) is 15.2. The summed E-state index contributed by atoms with van der Waals surface area (Å²) in [4.78, 5) is 19.1. The maximum atomic E-state index is 13.0. The molecule has 2 aliphatic heterocycles. The van der Waals surface area contributed by atoms with E-state index >= 15 is 0 Å². The molecular formula is C23H22N6O2. The Hall–Kier alpha value is -3.52. The van der Waals surface area contributed by atoms with Crippen molar-refractivity contribution >= 4 is 11.6 Å². The van der Waals surface area contributed by atoms with Gasteiger partial charge in [0.2, 0.25) is 0 Å². The number of para-hydroxylation sites is 1. The van der Waals surface area contributed by atoms with Gasteiger partial charge in [0, 0.05) is 37.7 Å². The predicted molar refractivity (Wildman–Crippen MR) is 113 cm³/mol. The highest BCUT2D eigenvalue weighted by Crippen LogP contribution is 2.41. The van der Waals surface area contributed by atoms with Crippen molar-refractivity contribution in [1.29, 1.82) is 0 Å². The standard InChI is InChI=1S/C23H22N6O2/c30-22(19-15-20-24-10-4-11-28(20)25-19)27-12-8-23(9-13-27)21-17(7-14-31-23)16-29(26-21)18-5-2-1-3-6-18/h1-6,10-11,15-16H,7-9,12-14H2. The Morgan fingerprint density at radius 1 is 1.06 bits per heavy atom. The molecule has 8 heteroatoms. The van der Waals surface area contributed by atoms with Crippen LogP contribution in [0.5, 0.6) is 0 Å². The van der Waals surface area contributed by atoms with E-state index in [0.29, 0.717) is 31.0 Å². The normalized spacial score (nSPS) is 17.7. The lowest BCUT2D eigenvalue weighted by Gasteiger charge is -2.42. The summed E-state index contributed by atoms with van der Waals surface area (Å²) in [6, 6.07) is 13.7. The highest BCUT2D eigenvalue weighted by molar-refractivity contribution is 5.93. The topological polar surface area (TPSA) is 77.5 Å². The quantitative estimate of drug-likeness (QED) is 0.504. The predicted octanol–water partition coefficient (Wildman–Crippen LogP) is 2.62. The van der Waals surface area contributed by atoms with E-state index in [4.69, 9.17) is 9.84 Å². The van der Waals surface area contributed by atoms with E-state index < -0.39 is 5.60 Å². The van der Waals surface area contributed by atoms with Gasteiger partial charge in [0.05, 0.1) is 18.0 Å². The van der Waals surface area contributed by atoms with Crippen LogP contribution in [0.1, 0.15) is 34.6 Å². The minimum Gasteiger partial charge on any atom is -0.368 e. The SMILES string of the molecule is O=C(c1cc2ncccn2n1)N1CCC2(CC1)OCCc1cn(-c3ccccc3)nc12. The average Bonchev–Trinajstić information content (AvgIpc) is 3.45. The van der Waals surface area contributed by atoms with Crippen molar-refractivity contribution in [3.05, 3.63) is 78.0 Å². The largest absolute Gasteiger partial charge is 0.368 e. The second kappa shape index (κ2) is 7.02. The van der Waals surface area contributed by atoms with E-state index in [1.54, 1.807) is 29.0 Å². The molecule has 0 unspecified atom stereocenters. The summed E-state index contributed by atoms with van der Waals surface area (Å²) in [7, 11) is 0. The van der Waals surface area contributed by atoms with Gasteiger partial charge >= 0.3 is 0 Å². The number of piperidine rings is 1. The first-order valence-corrected chi connectivity index (χ1v) is 10.6. The van der Waals surface area contributed by atoms with Gasteiger partial charge in [0.15, 0.2) is 11.3 Å². The summed E-state index contributed by atoms with van der Waals surface area (Å²) < 4.78 is 9.90. The summed E-state index contributed by atoms with van der Waals surface area (Å²) in [5.74, 6) is -0.0637. The minimum atomic E-state index is -0.426.